The molecule has 0 aliphatic carbocycles. The molecule has 1 nitrogen and oxygen atoms in total. The zero-order chi connectivity index (χ0) is 11.8. The van der Waals surface area contributed by atoms with Gasteiger partial charge in [-0.15, -0.1) is 0 Å². The molecule has 0 aliphatic heterocycles. The van der Waals surface area contributed by atoms with Crippen LogP contribution in [0.25, 0.3) is 21.5 Å². The molecule has 0 aliphatic rings. The normalized spacial score (nSPS) is 11.1. The monoisotopic (exact) mass is 221 g/mol. The smallest absolute Gasteiger partial charge is 0.0393 e. The predicted octanol–water partition coefficient (Wildman–Crippen LogP) is 4.14. The van der Waals surface area contributed by atoms with Crippen LogP contribution in [0.3, 0.4) is 0 Å². The van der Waals surface area contributed by atoms with Crippen molar-refractivity contribution in [1.82, 2.24) is 0 Å². The van der Waals surface area contributed by atoms with Gasteiger partial charge in [0.2, 0.25) is 0 Å². The maximum atomic E-state index is 6.00. The quantitative estimate of drug-likeness (QED) is 0.485. The highest BCUT2D eigenvalue weighted by Gasteiger charge is 2.01. The van der Waals surface area contributed by atoms with Crippen LogP contribution in [0, 0.1) is 0 Å². The molecule has 0 aromatic heterocycles. The number of fused-ring (bicyclic) bond motifs is 2. The molecule has 3 aromatic rings. The average molecular weight is 221 g/mol. The average Bonchev–Trinajstić information content (AvgIpc) is 2.36. The lowest BCUT2D eigenvalue weighted by atomic mass is 10.0. The van der Waals surface area contributed by atoms with Crippen molar-refractivity contribution in [2.45, 2.75) is 13.3 Å². The number of anilines is 1. The highest BCUT2D eigenvalue weighted by molar-refractivity contribution is 6.03. The van der Waals surface area contributed by atoms with E-state index < -0.39 is 0 Å². The molecule has 0 spiro atoms. The van der Waals surface area contributed by atoms with Crippen LogP contribution in [-0.2, 0) is 6.42 Å². The van der Waals surface area contributed by atoms with Gasteiger partial charge >= 0.3 is 0 Å². The van der Waals surface area contributed by atoms with Gasteiger partial charge in [0.05, 0.1) is 0 Å². The highest BCUT2D eigenvalue weighted by Crippen LogP contribution is 2.27. The van der Waals surface area contributed by atoms with Crippen molar-refractivity contribution in [1.29, 1.82) is 0 Å². The fraction of sp³-hybridized carbons (Fsp3) is 0.125. The van der Waals surface area contributed by atoms with Crippen molar-refractivity contribution in [3.8, 4) is 0 Å². The van der Waals surface area contributed by atoms with E-state index in [0.29, 0.717) is 0 Å². The van der Waals surface area contributed by atoms with Crippen LogP contribution < -0.4 is 5.73 Å². The molecule has 0 bridgehead atoms. The summed E-state index contributed by atoms with van der Waals surface area (Å²) in [4.78, 5) is 0. The molecule has 3 aromatic carbocycles. The zero-order valence-electron chi connectivity index (χ0n) is 9.90. The molecule has 0 radical (unpaired) electrons. The first kappa shape index (κ1) is 10.2. The Hall–Kier alpha value is -2.02. The molecule has 2 N–H and O–H groups in total. The molecule has 17 heavy (non-hydrogen) atoms. The van der Waals surface area contributed by atoms with Crippen molar-refractivity contribution < 1.29 is 0 Å². The fourth-order valence-corrected chi connectivity index (χ4v) is 2.32. The lowest BCUT2D eigenvalue weighted by molar-refractivity contribution is 1.15. The molecule has 0 heterocycles. The van der Waals surface area contributed by atoms with Crippen LogP contribution in [0.2, 0.25) is 0 Å². The predicted molar refractivity (Wildman–Crippen MR) is 75.2 cm³/mol. The molecule has 3 rings (SSSR count). The number of rotatable bonds is 1. The topological polar surface area (TPSA) is 26.0 Å². The summed E-state index contributed by atoms with van der Waals surface area (Å²) in [6, 6.07) is 17.1. The number of hydrogen-bond donors (Lipinski definition) is 1. The maximum Gasteiger partial charge on any atom is 0.0393 e. The summed E-state index contributed by atoms with van der Waals surface area (Å²) in [6.07, 6.45) is 1.07. The van der Waals surface area contributed by atoms with E-state index in [4.69, 9.17) is 5.73 Å². The Kier molecular flexibility index (Phi) is 2.25. The Bertz CT molecular complexity index is 698. The second-order valence-corrected chi connectivity index (χ2v) is 4.46. The third-order valence-corrected chi connectivity index (χ3v) is 3.34. The minimum absolute atomic E-state index is 0.851. The van der Waals surface area contributed by atoms with Crippen LogP contribution in [0.5, 0.6) is 0 Å². The van der Waals surface area contributed by atoms with Gasteiger partial charge in [-0.1, -0.05) is 37.3 Å². The standard InChI is InChI=1S/C16H15N/c1-2-11-6-7-12-10-15-13(9-14(12)8-11)4-3-5-16(15)17/h3-10H,2,17H2,1H3. The third-order valence-electron chi connectivity index (χ3n) is 3.34. The van der Waals surface area contributed by atoms with Gasteiger partial charge in [0.15, 0.2) is 0 Å². The minimum Gasteiger partial charge on any atom is -0.398 e. The summed E-state index contributed by atoms with van der Waals surface area (Å²) >= 11 is 0. The second-order valence-electron chi connectivity index (χ2n) is 4.46. The zero-order valence-corrected chi connectivity index (χ0v) is 9.90. The molecule has 0 saturated heterocycles. The van der Waals surface area contributed by atoms with Gasteiger partial charge in [-0.2, -0.15) is 0 Å². The van der Waals surface area contributed by atoms with Gasteiger partial charge in [0, 0.05) is 11.1 Å². The highest BCUT2D eigenvalue weighted by atomic mass is 14.5. The van der Waals surface area contributed by atoms with Gasteiger partial charge in [0.25, 0.3) is 0 Å². The molecule has 84 valence electrons. The molecule has 0 saturated carbocycles. The van der Waals surface area contributed by atoms with Crippen LogP contribution >= 0.6 is 0 Å². The van der Waals surface area contributed by atoms with Gasteiger partial charge in [-0.25, -0.2) is 0 Å². The first-order valence-electron chi connectivity index (χ1n) is 5.99. The first-order chi connectivity index (χ1) is 8.28. The summed E-state index contributed by atoms with van der Waals surface area (Å²) < 4.78 is 0. The van der Waals surface area contributed by atoms with Crippen molar-refractivity contribution in [2.75, 3.05) is 5.73 Å². The fourth-order valence-electron chi connectivity index (χ4n) is 2.32. The lowest BCUT2D eigenvalue weighted by Gasteiger charge is -2.06. The van der Waals surface area contributed by atoms with Crippen LogP contribution in [0.4, 0.5) is 5.69 Å². The van der Waals surface area contributed by atoms with E-state index >= 15 is 0 Å². The van der Waals surface area contributed by atoms with Crippen molar-refractivity contribution in [3.05, 3.63) is 54.1 Å². The Balaban J connectivity index is 2.39. The third kappa shape index (κ3) is 1.64. The van der Waals surface area contributed by atoms with Crippen molar-refractivity contribution >= 4 is 27.2 Å². The summed E-state index contributed by atoms with van der Waals surface area (Å²) in [6.45, 7) is 2.18. The van der Waals surface area contributed by atoms with E-state index in [1.165, 1.54) is 21.7 Å². The molecule has 0 fully saturated rings. The van der Waals surface area contributed by atoms with Gasteiger partial charge in [0.1, 0.15) is 0 Å². The van der Waals surface area contributed by atoms with Crippen molar-refractivity contribution in [2.24, 2.45) is 0 Å². The summed E-state index contributed by atoms with van der Waals surface area (Å²) in [5.74, 6) is 0. The first-order valence-corrected chi connectivity index (χ1v) is 5.99. The lowest BCUT2D eigenvalue weighted by Crippen LogP contribution is -1.87. The number of hydrogen-bond acceptors (Lipinski definition) is 1. The van der Waals surface area contributed by atoms with E-state index in [-0.39, 0.29) is 0 Å². The number of benzene rings is 3. The minimum atomic E-state index is 0.851. The van der Waals surface area contributed by atoms with E-state index in [1.807, 2.05) is 12.1 Å². The number of nitrogen functional groups attached to an aromatic ring is 1. The van der Waals surface area contributed by atoms with Gasteiger partial charge in [-0.05, 0) is 46.3 Å². The summed E-state index contributed by atoms with van der Waals surface area (Å²) in [7, 11) is 0. The van der Waals surface area contributed by atoms with Crippen LogP contribution in [0.15, 0.2) is 48.5 Å². The second kappa shape index (κ2) is 3.77. The summed E-state index contributed by atoms with van der Waals surface area (Å²) in [5.41, 5.74) is 8.23. The molecule has 0 unspecified atom stereocenters. The summed E-state index contributed by atoms with van der Waals surface area (Å²) in [5, 5.41) is 4.91. The Labute approximate surface area is 101 Å². The van der Waals surface area contributed by atoms with Gasteiger partial charge in [-0.3, -0.25) is 0 Å². The molecule has 0 atom stereocenters. The van der Waals surface area contributed by atoms with Crippen molar-refractivity contribution in [3.63, 3.8) is 0 Å². The largest absolute Gasteiger partial charge is 0.398 e. The molecular formula is C16H15N. The Morgan fingerprint density at radius 2 is 1.76 bits per heavy atom. The Morgan fingerprint density at radius 1 is 0.882 bits per heavy atom. The van der Waals surface area contributed by atoms with Crippen LogP contribution in [0.1, 0.15) is 12.5 Å². The van der Waals surface area contributed by atoms with E-state index in [9.17, 15) is 0 Å². The van der Waals surface area contributed by atoms with E-state index in [2.05, 4.69) is 43.3 Å². The molecule has 1 heteroatoms. The maximum absolute atomic E-state index is 6.00. The SMILES string of the molecule is CCc1ccc2cc3c(N)cccc3cc2c1. The molecular weight excluding hydrogens is 206 g/mol. The number of nitrogens with two attached hydrogens (primary N) is 1. The Morgan fingerprint density at radius 3 is 2.59 bits per heavy atom. The van der Waals surface area contributed by atoms with E-state index in [1.54, 1.807) is 0 Å². The number of aryl methyl sites for hydroxylation is 1. The molecule has 0 amide bonds. The van der Waals surface area contributed by atoms with Crippen LogP contribution in [-0.4, -0.2) is 0 Å². The van der Waals surface area contributed by atoms with E-state index in [0.717, 1.165) is 17.5 Å². The van der Waals surface area contributed by atoms with Gasteiger partial charge < -0.3 is 5.73 Å².